The van der Waals surface area contributed by atoms with Gasteiger partial charge in [-0.15, -0.1) is 0 Å². The number of benzene rings is 2. The molecule has 0 saturated carbocycles. The number of aliphatic hydroxyl groups is 1. The summed E-state index contributed by atoms with van der Waals surface area (Å²) in [4.78, 5) is 0. The Morgan fingerprint density at radius 3 is 2.28 bits per heavy atom. The number of aliphatic hydroxyl groups excluding tert-OH is 1. The Morgan fingerprint density at radius 2 is 1.61 bits per heavy atom. The van der Waals surface area contributed by atoms with Crippen molar-refractivity contribution in [2.24, 2.45) is 0 Å². The summed E-state index contributed by atoms with van der Waals surface area (Å²) in [6.07, 6.45) is 0.636. The largest absolute Gasteiger partial charge is 0.508 e. The van der Waals surface area contributed by atoms with E-state index in [0.717, 1.165) is 11.1 Å². The van der Waals surface area contributed by atoms with Gasteiger partial charge in [0.05, 0.1) is 6.10 Å². The van der Waals surface area contributed by atoms with Crippen LogP contribution in [0.2, 0.25) is 5.02 Å². The minimum absolute atomic E-state index is 0.228. The van der Waals surface area contributed by atoms with E-state index in [0.29, 0.717) is 17.9 Å². The zero-order valence-electron chi connectivity index (χ0n) is 9.88. The monoisotopic (exact) mass is 262 g/mol. The summed E-state index contributed by atoms with van der Waals surface area (Å²) >= 11 is 5.81. The van der Waals surface area contributed by atoms with Crippen LogP contribution in [-0.4, -0.2) is 16.3 Å². The number of rotatable bonds is 4. The molecule has 2 nitrogen and oxygen atoms in total. The van der Waals surface area contributed by atoms with E-state index in [-0.39, 0.29) is 5.75 Å². The van der Waals surface area contributed by atoms with Crippen LogP contribution in [0, 0.1) is 0 Å². The van der Waals surface area contributed by atoms with E-state index < -0.39 is 6.10 Å². The molecule has 0 heterocycles. The SMILES string of the molecule is Oc1cccc(CC(O)Cc2ccc(Cl)cc2)c1. The number of hydrogen-bond acceptors (Lipinski definition) is 2. The molecule has 2 rings (SSSR count). The number of phenolic OH excluding ortho intramolecular Hbond substituents is 1. The minimum atomic E-state index is -0.465. The molecular formula is C15H15ClO2. The Hall–Kier alpha value is -1.51. The predicted molar refractivity (Wildman–Crippen MR) is 73.0 cm³/mol. The second-order valence-electron chi connectivity index (χ2n) is 4.36. The molecule has 0 saturated heterocycles. The van der Waals surface area contributed by atoms with Gasteiger partial charge in [0.2, 0.25) is 0 Å². The van der Waals surface area contributed by atoms with Crippen LogP contribution in [0.1, 0.15) is 11.1 Å². The molecule has 0 spiro atoms. The summed E-state index contributed by atoms with van der Waals surface area (Å²) in [5.74, 6) is 0.228. The van der Waals surface area contributed by atoms with Gasteiger partial charge in [0, 0.05) is 5.02 Å². The maximum absolute atomic E-state index is 10.0. The molecule has 0 aromatic heterocycles. The van der Waals surface area contributed by atoms with Crippen molar-refractivity contribution in [2.45, 2.75) is 18.9 Å². The van der Waals surface area contributed by atoms with E-state index in [9.17, 15) is 10.2 Å². The van der Waals surface area contributed by atoms with Gasteiger partial charge < -0.3 is 10.2 Å². The summed E-state index contributed by atoms with van der Waals surface area (Å²) in [7, 11) is 0. The topological polar surface area (TPSA) is 40.5 Å². The van der Waals surface area contributed by atoms with E-state index in [1.54, 1.807) is 18.2 Å². The summed E-state index contributed by atoms with van der Waals surface area (Å²) in [5, 5.41) is 20.0. The highest BCUT2D eigenvalue weighted by atomic mass is 35.5. The van der Waals surface area contributed by atoms with Crippen LogP contribution in [0.3, 0.4) is 0 Å². The molecule has 0 aliphatic rings. The van der Waals surface area contributed by atoms with Crippen molar-refractivity contribution < 1.29 is 10.2 Å². The molecular weight excluding hydrogens is 248 g/mol. The maximum atomic E-state index is 10.0. The van der Waals surface area contributed by atoms with E-state index >= 15 is 0 Å². The summed E-state index contributed by atoms with van der Waals surface area (Å²) < 4.78 is 0. The molecule has 0 bridgehead atoms. The molecule has 0 radical (unpaired) electrons. The third-order valence-corrected chi connectivity index (χ3v) is 3.02. The molecule has 0 aliphatic heterocycles. The van der Waals surface area contributed by atoms with Gasteiger partial charge in [-0.05, 0) is 48.2 Å². The van der Waals surface area contributed by atoms with Crippen molar-refractivity contribution in [1.29, 1.82) is 0 Å². The van der Waals surface area contributed by atoms with Crippen molar-refractivity contribution in [2.75, 3.05) is 0 Å². The Bertz CT molecular complexity index is 508. The number of aromatic hydroxyl groups is 1. The van der Waals surface area contributed by atoms with Gasteiger partial charge in [-0.3, -0.25) is 0 Å². The predicted octanol–water partition coefficient (Wildman–Crippen LogP) is 3.19. The maximum Gasteiger partial charge on any atom is 0.115 e. The highest BCUT2D eigenvalue weighted by molar-refractivity contribution is 6.30. The quantitative estimate of drug-likeness (QED) is 0.888. The highest BCUT2D eigenvalue weighted by Gasteiger charge is 2.07. The zero-order valence-corrected chi connectivity index (χ0v) is 10.6. The smallest absolute Gasteiger partial charge is 0.115 e. The lowest BCUT2D eigenvalue weighted by atomic mass is 10.0. The normalized spacial score (nSPS) is 12.3. The molecule has 0 fully saturated rings. The lowest BCUT2D eigenvalue weighted by molar-refractivity contribution is 0.175. The van der Waals surface area contributed by atoms with Crippen molar-refractivity contribution in [3.8, 4) is 5.75 Å². The van der Waals surface area contributed by atoms with Crippen LogP contribution >= 0.6 is 11.6 Å². The Morgan fingerprint density at radius 1 is 0.944 bits per heavy atom. The van der Waals surface area contributed by atoms with E-state index in [1.807, 2.05) is 30.3 Å². The fraction of sp³-hybridized carbons (Fsp3) is 0.200. The molecule has 18 heavy (non-hydrogen) atoms. The Balaban J connectivity index is 1.96. The average Bonchev–Trinajstić information content (AvgIpc) is 2.32. The second-order valence-corrected chi connectivity index (χ2v) is 4.79. The second kappa shape index (κ2) is 5.89. The Kier molecular flexibility index (Phi) is 4.24. The van der Waals surface area contributed by atoms with Crippen molar-refractivity contribution in [3.63, 3.8) is 0 Å². The lowest BCUT2D eigenvalue weighted by Crippen LogP contribution is -2.13. The van der Waals surface area contributed by atoms with Gasteiger partial charge >= 0.3 is 0 Å². The molecule has 3 heteroatoms. The average molecular weight is 263 g/mol. The zero-order chi connectivity index (χ0) is 13.0. The van der Waals surface area contributed by atoms with Crippen molar-refractivity contribution in [1.82, 2.24) is 0 Å². The first kappa shape index (κ1) is 12.9. The number of hydrogen-bond donors (Lipinski definition) is 2. The van der Waals surface area contributed by atoms with Crippen LogP contribution in [-0.2, 0) is 12.8 Å². The minimum Gasteiger partial charge on any atom is -0.508 e. The van der Waals surface area contributed by atoms with E-state index in [4.69, 9.17) is 11.6 Å². The first-order chi connectivity index (χ1) is 8.63. The van der Waals surface area contributed by atoms with Crippen LogP contribution in [0.15, 0.2) is 48.5 Å². The highest BCUT2D eigenvalue weighted by Crippen LogP contribution is 2.15. The molecule has 94 valence electrons. The summed E-state index contributed by atoms with van der Waals surface area (Å²) in [6, 6.07) is 14.4. The molecule has 2 N–H and O–H groups in total. The van der Waals surface area contributed by atoms with Gasteiger partial charge in [-0.1, -0.05) is 35.9 Å². The van der Waals surface area contributed by atoms with Crippen LogP contribution in [0.5, 0.6) is 5.75 Å². The fourth-order valence-electron chi connectivity index (χ4n) is 1.92. The fourth-order valence-corrected chi connectivity index (χ4v) is 2.05. The molecule has 1 atom stereocenters. The molecule has 0 aliphatic carbocycles. The third kappa shape index (κ3) is 3.76. The van der Waals surface area contributed by atoms with E-state index in [2.05, 4.69) is 0 Å². The summed E-state index contributed by atoms with van der Waals surface area (Å²) in [5.41, 5.74) is 1.98. The van der Waals surface area contributed by atoms with Crippen LogP contribution in [0.25, 0.3) is 0 Å². The van der Waals surface area contributed by atoms with Gasteiger partial charge in [0.1, 0.15) is 5.75 Å². The van der Waals surface area contributed by atoms with Gasteiger partial charge in [-0.2, -0.15) is 0 Å². The van der Waals surface area contributed by atoms with Crippen molar-refractivity contribution in [3.05, 3.63) is 64.7 Å². The van der Waals surface area contributed by atoms with E-state index in [1.165, 1.54) is 0 Å². The summed E-state index contributed by atoms with van der Waals surface area (Å²) in [6.45, 7) is 0. The Labute approximate surface area is 111 Å². The number of halogens is 1. The third-order valence-electron chi connectivity index (χ3n) is 2.77. The van der Waals surface area contributed by atoms with Gasteiger partial charge in [0.15, 0.2) is 0 Å². The van der Waals surface area contributed by atoms with Crippen LogP contribution < -0.4 is 0 Å². The molecule has 2 aromatic rings. The van der Waals surface area contributed by atoms with Gasteiger partial charge in [-0.25, -0.2) is 0 Å². The van der Waals surface area contributed by atoms with Crippen molar-refractivity contribution >= 4 is 11.6 Å². The first-order valence-electron chi connectivity index (χ1n) is 5.84. The van der Waals surface area contributed by atoms with Gasteiger partial charge in [0.25, 0.3) is 0 Å². The molecule has 0 amide bonds. The molecule has 1 unspecified atom stereocenters. The first-order valence-corrected chi connectivity index (χ1v) is 6.22. The molecule has 2 aromatic carbocycles. The lowest BCUT2D eigenvalue weighted by Gasteiger charge is -2.11. The van der Waals surface area contributed by atoms with Crippen LogP contribution in [0.4, 0.5) is 0 Å². The standard InChI is InChI=1S/C15H15ClO2/c16-13-6-4-11(5-7-13)8-15(18)10-12-2-1-3-14(17)9-12/h1-7,9,15,17-18H,8,10H2. The number of phenols is 1.